The highest BCUT2D eigenvalue weighted by Gasteiger charge is 2.58. The molecule has 1 aliphatic carbocycles. The number of nitrogens with zero attached hydrogens (tertiary/aromatic N) is 6. The number of hydrogen-bond acceptors (Lipinski definition) is 5. The Morgan fingerprint density at radius 3 is 2.25 bits per heavy atom. The van der Waals surface area contributed by atoms with Crippen LogP contribution in [-0.2, 0) is 17.3 Å². The molecule has 4 heterocycles. The number of rotatable bonds is 4. The Morgan fingerprint density at radius 1 is 1.03 bits per heavy atom. The fourth-order valence-corrected chi connectivity index (χ4v) is 6.99. The lowest BCUT2D eigenvalue weighted by Gasteiger charge is -2.63. The number of carbonyl (C=O) groups excluding carboxylic acids is 1. The molecule has 4 aliphatic rings. The standard InChI is InChI=1S/C24H28F3N6O2P/c1-15-16(2)19(36-35)4-3-17(15)7-30-8-23(9-30)12-32(13-23)21(34)31-10-22(11-31)5-18(6-22)33-14-28-20(29-33)24(25,26)27/h3-4,14,18H,5-13H2,1-2H3. The first kappa shape index (κ1) is 23.9. The zero-order valence-electron chi connectivity index (χ0n) is 20.3. The van der Waals surface area contributed by atoms with Gasteiger partial charge in [0.25, 0.3) is 5.82 Å². The van der Waals surface area contributed by atoms with E-state index in [1.165, 1.54) is 15.8 Å². The van der Waals surface area contributed by atoms with Crippen LogP contribution in [0.4, 0.5) is 18.0 Å². The molecule has 12 heteroatoms. The monoisotopic (exact) mass is 520 g/mol. The van der Waals surface area contributed by atoms with Crippen LogP contribution in [0.25, 0.3) is 0 Å². The third-order valence-corrected chi connectivity index (χ3v) is 9.28. The predicted octanol–water partition coefficient (Wildman–Crippen LogP) is 3.41. The summed E-state index contributed by atoms with van der Waals surface area (Å²) in [4.78, 5) is 22.5. The van der Waals surface area contributed by atoms with Crippen molar-refractivity contribution in [3.8, 4) is 0 Å². The van der Waals surface area contributed by atoms with Gasteiger partial charge in [-0.15, -0.1) is 5.10 Å². The van der Waals surface area contributed by atoms with Crippen LogP contribution in [0.5, 0.6) is 0 Å². The van der Waals surface area contributed by atoms with Gasteiger partial charge in [-0.2, -0.15) is 13.2 Å². The summed E-state index contributed by atoms with van der Waals surface area (Å²) in [6, 6.07) is 3.99. The third kappa shape index (κ3) is 3.82. The van der Waals surface area contributed by atoms with Crippen LogP contribution in [-0.4, -0.2) is 74.8 Å². The third-order valence-electron chi connectivity index (χ3n) is 8.60. The Labute approximate surface area is 208 Å². The van der Waals surface area contributed by atoms with E-state index in [2.05, 4.69) is 28.0 Å². The van der Waals surface area contributed by atoms with Crippen LogP contribution < -0.4 is 5.30 Å². The Morgan fingerprint density at radius 2 is 1.67 bits per heavy atom. The number of benzene rings is 1. The SMILES string of the molecule is Cc1c(CN2CC3(C2)CN(C(=O)N2CC4(CC(n5cnc(C(F)(F)F)n5)C4)C2)C3)ccc(P=O)c1C. The Bertz CT molecular complexity index is 1220. The second-order valence-electron chi connectivity index (χ2n) is 11.3. The molecule has 1 aromatic carbocycles. The highest BCUT2D eigenvalue weighted by atomic mass is 31.1. The minimum Gasteiger partial charge on any atom is -0.323 e. The smallest absolute Gasteiger partial charge is 0.323 e. The van der Waals surface area contributed by atoms with Crippen LogP contribution in [0, 0.1) is 24.7 Å². The molecule has 3 aliphatic heterocycles. The Hall–Kier alpha value is -2.52. The second-order valence-corrected chi connectivity index (χ2v) is 12.0. The molecule has 2 aromatic rings. The van der Waals surface area contributed by atoms with Crippen molar-refractivity contribution in [1.82, 2.24) is 29.5 Å². The number of carbonyl (C=O) groups is 1. The Balaban J connectivity index is 0.943. The normalized spacial score (nSPS) is 22.9. The van der Waals surface area contributed by atoms with Gasteiger partial charge >= 0.3 is 12.2 Å². The number of aromatic nitrogens is 3. The fourth-order valence-electron chi connectivity index (χ4n) is 6.55. The number of hydrogen-bond donors (Lipinski definition) is 0. The van der Waals surface area contributed by atoms with Crippen molar-refractivity contribution >= 4 is 19.8 Å². The quantitative estimate of drug-likeness (QED) is 0.578. The van der Waals surface area contributed by atoms with E-state index in [1.54, 1.807) is 0 Å². The van der Waals surface area contributed by atoms with Crippen LogP contribution in [0.3, 0.4) is 0 Å². The van der Waals surface area contributed by atoms with Gasteiger partial charge in [-0.25, -0.2) is 14.5 Å². The number of halogens is 3. The number of likely N-dealkylation sites (tertiary alicyclic amines) is 3. The van der Waals surface area contributed by atoms with E-state index in [9.17, 15) is 22.5 Å². The van der Waals surface area contributed by atoms with Gasteiger partial charge in [0.1, 0.15) is 6.33 Å². The van der Waals surface area contributed by atoms with E-state index < -0.39 is 12.0 Å². The van der Waals surface area contributed by atoms with Crippen molar-refractivity contribution in [3.05, 3.63) is 41.0 Å². The molecule has 0 atom stereocenters. The van der Waals surface area contributed by atoms with Gasteiger partial charge in [0.15, 0.2) is 8.46 Å². The largest absolute Gasteiger partial charge is 0.453 e. The predicted molar refractivity (Wildman–Crippen MR) is 125 cm³/mol. The summed E-state index contributed by atoms with van der Waals surface area (Å²) >= 11 is 0. The van der Waals surface area contributed by atoms with Crippen LogP contribution >= 0.6 is 8.46 Å². The van der Waals surface area contributed by atoms with Gasteiger partial charge in [-0.1, -0.05) is 6.07 Å². The average molecular weight is 520 g/mol. The number of alkyl halides is 3. The molecule has 36 heavy (non-hydrogen) atoms. The van der Waals surface area contributed by atoms with Gasteiger partial charge in [0.2, 0.25) is 0 Å². The molecule has 8 nitrogen and oxygen atoms in total. The van der Waals surface area contributed by atoms with E-state index in [1.807, 2.05) is 22.8 Å². The number of amides is 2. The molecule has 0 N–H and O–H groups in total. The van der Waals surface area contributed by atoms with Crippen molar-refractivity contribution in [1.29, 1.82) is 0 Å². The summed E-state index contributed by atoms with van der Waals surface area (Å²) in [7, 11) is 0.0543. The van der Waals surface area contributed by atoms with Crippen LogP contribution in [0.15, 0.2) is 18.5 Å². The molecule has 1 aromatic heterocycles. The molecule has 0 bridgehead atoms. The summed E-state index contributed by atoms with van der Waals surface area (Å²) < 4.78 is 50.8. The summed E-state index contributed by atoms with van der Waals surface area (Å²) in [6.45, 7) is 9.78. The first-order chi connectivity index (χ1) is 17.0. The molecule has 2 amide bonds. The molecule has 2 spiro atoms. The highest BCUT2D eigenvalue weighted by molar-refractivity contribution is 7.34. The van der Waals surface area contributed by atoms with Crippen molar-refractivity contribution in [2.24, 2.45) is 10.8 Å². The summed E-state index contributed by atoms with van der Waals surface area (Å²) in [5.41, 5.74) is 3.73. The lowest BCUT2D eigenvalue weighted by molar-refractivity contribution is -0.145. The van der Waals surface area contributed by atoms with Crippen molar-refractivity contribution < 1.29 is 22.5 Å². The van der Waals surface area contributed by atoms with E-state index in [0.29, 0.717) is 13.1 Å². The first-order valence-corrected chi connectivity index (χ1v) is 13.0. The minimum absolute atomic E-state index is 0.0115. The van der Waals surface area contributed by atoms with Crippen LogP contribution in [0.2, 0.25) is 0 Å². The summed E-state index contributed by atoms with van der Waals surface area (Å²) in [5, 5.41) is 4.42. The van der Waals surface area contributed by atoms with Gasteiger partial charge < -0.3 is 9.80 Å². The maximum atomic E-state index is 12.9. The molecule has 1 saturated carbocycles. The molecular formula is C24H28F3N6O2P. The van der Waals surface area contributed by atoms with Crippen molar-refractivity contribution in [2.45, 2.75) is 45.5 Å². The lowest BCUT2D eigenvalue weighted by atomic mass is 9.60. The topological polar surface area (TPSA) is 74.6 Å². The molecule has 0 unspecified atom stereocenters. The van der Waals surface area contributed by atoms with Crippen molar-refractivity contribution in [3.63, 3.8) is 0 Å². The molecule has 4 fully saturated rings. The van der Waals surface area contributed by atoms with Gasteiger partial charge in [-0.3, -0.25) is 9.46 Å². The molecular weight excluding hydrogens is 492 g/mol. The maximum absolute atomic E-state index is 12.9. The van der Waals surface area contributed by atoms with Gasteiger partial charge in [0, 0.05) is 61.9 Å². The number of urea groups is 1. The Kier molecular flexibility index (Phi) is 5.29. The van der Waals surface area contributed by atoms with E-state index in [-0.39, 0.29) is 31.4 Å². The maximum Gasteiger partial charge on any atom is 0.453 e. The van der Waals surface area contributed by atoms with Gasteiger partial charge in [0.05, 0.1) is 6.04 Å². The van der Waals surface area contributed by atoms with Crippen LogP contribution in [0.1, 0.15) is 41.4 Å². The van der Waals surface area contributed by atoms with E-state index >= 15 is 0 Å². The molecule has 192 valence electrons. The summed E-state index contributed by atoms with van der Waals surface area (Å²) in [5.74, 6) is -1.10. The lowest BCUT2D eigenvalue weighted by Crippen LogP contribution is -2.75. The zero-order valence-corrected chi connectivity index (χ0v) is 21.1. The second kappa shape index (κ2) is 7.99. The summed E-state index contributed by atoms with van der Waals surface area (Å²) in [6.07, 6.45) is -1.91. The fraction of sp³-hybridized carbons (Fsp3) is 0.625. The average Bonchev–Trinajstić information content (AvgIpc) is 3.20. The van der Waals surface area contributed by atoms with E-state index in [4.69, 9.17) is 0 Å². The highest BCUT2D eigenvalue weighted by Crippen LogP contribution is 2.54. The van der Waals surface area contributed by atoms with Crippen molar-refractivity contribution in [2.75, 3.05) is 39.3 Å². The zero-order chi connectivity index (χ0) is 25.5. The molecule has 0 radical (unpaired) electrons. The first-order valence-electron chi connectivity index (χ1n) is 12.2. The molecule has 3 saturated heterocycles. The molecule has 6 rings (SSSR count). The van der Waals surface area contributed by atoms with E-state index in [0.717, 1.165) is 62.8 Å². The minimum atomic E-state index is -4.53. The van der Waals surface area contributed by atoms with Gasteiger partial charge in [-0.05, 0) is 49.4 Å².